The summed E-state index contributed by atoms with van der Waals surface area (Å²) in [5, 5.41) is 4.04. The Hall–Kier alpha value is -1.02. The van der Waals surface area contributed by atoms with E-state index < -0.39 is 0 Å². The fraction of sp³-hybridized carbons (Fsp3) is 0.833. The molecule has 3 unspecified atom stereocenters. The minimum Gasteiger partial charge on any atom is -0.381 e. The van der Waals surface area contributed by atoms with Gasteiger partial charge in [-0.2, -0.15) is 4.98 Å². The first kappa shape index (κ1) is 13.0. The zero-order chi connectivity index (χ0) is 13.2. The molecule has 2 aliphatic rings. The number of aromatic nitrogens is 2. The Kier molecular flexibility index (Phi) is 3.79. The average molecular weight is 268 g/mol. The molecule has 0 amide bonds. The molecule has 2 N–H and O–H groups in total. The van der Waals surface area contributed by atoms with Crippen molar-refractivity contribution in [1.29, 1.82) is 0 Å². The topological polar surface area (TPSA) is 86.6 Å². The summed E-state index contributed by atoms with van der Waals surface area (Å²) < 4.78 is 16.4. The smallest absolute Gasteiger partial charge is 0.233 e. The highest BCUT2D eigenvalue weighted by atomic mass is 16.5. The van der Waals surface area contributed by atoms with Gasteiger partial charge in [-0.25, -0.2) is 0 Å². The van der Waals surface area contributed by atoms with Crippen LogP contribution < -0.4 is 5.73 Å². The van der Waals surface area contributed by atoms with Gasteiger partial charge < -0.3 is 24.6 Å². The van der Waals surface area contributed by atoms with E-state index in [2.05, 4.69) is 22.1 Å². The molecule has 3 atom stereocenters. The molecule has 0 radical (unpaired) electrons. The van der Waals surface area contributed by atoms with E-state index in [1.54, 1.807) is 0 Å². The third-order valence-electron chi connectivity index (χ3n) is 3.74. The van der Waals surface area contributed by atoms with E-state index in [1.165, 1.54) is 0 Å². The highest BCUT2D eigenvalue weighted by Gasteiger charge is 2.31. The van der Waals surface area contributed by atoms with Crippen LogP contribution in [0.3, 0.4) is 0 Å². The fourth-order valence-corrected chi connectivity index (χ4v) is 2.47. The second-order valence-electron chi connectivity index (χ2n) is 5.25. The maximum Gasteiger partial charge on any atom is 0.233 e. The van der Waals surface area contributed by atoms with Gasteiger partial charge in [-0.1, -0.05) is 5.16 Å². The molecule has 0 bridgehead atoms. The summed E-state index contributed by atoms with van der Waals surface area (Å²) in [5.41, 5.74) is 6.07. The van der Waals surface area contributed by atoms with Crippen molar-refractivity contribution in [2.45, 2.75) is 24.5 Å². The van der Waals surface area contributed by atoms with Crippen molar-refractivity contribution >= 4 is 0 Å². The number of hydrogen-bond acceptors (Lipinski definition) is 7. The van der Waals surface area contributed by atoms with E-state index >= 15 is 0 Å². The lowest BCUT2D eigenvalue weighted by molar-refractivity contribution is -0.0264. The van der Waals surface area contributed by atoms with Crippen molar-refractivity contribution in [3.63, 3.8) is 0 Å². The van der Waals surface area contributed by atoms with Gasteiger partial charge in [-0.15, -0.1) is 0 Å². The first-order valence-corrected chi connectivity index (χ1v) is 6.71. The van der Waals surface area contributed by atoms with E-state index in [1.807, 2.05) is 0 Å². The van der Waals surface area contributed by atoms with Crippen LogP contribution in [0, 0.1) is 0 Å². The number of nitrogens with two attached hydrogens (primary N) is 1. The zero-order valence-electron chi connectivity index (χ0n) is 11.1. The van der Waals surface area contributed by atoms with Crippen LogP contribution in [0.15, 0.2) is 4.52 Å². The molecule has 7 heteroatoms. The van der Waals surface area contributed by atoms with Crippen molar-refractivity contribution in [2.75, 3.05) is 40.0 Å². The van der Waals surface area contributed by atoms with E-state index in [4.69, 9.17) is 19.7 Å². The molecule has 0 aromatic carbocycles. The van der Waals surface area contributed by atoms with E-state index in [9.17, 15) is 0 Å². The van der Waals surface area contributed by atoms with Gasteiger partial charge in [0.15, 0.2) is 0 Å². The Labute approximate surface area is 112 Å². The Balaban J connectivity index is 1.71. The third-order valence-corrected chi connectivity index (χ3v) is 3.74. The van der Waals surface area contributed by atoms with Gasteiger partial charge in [0, 0.05) is 25.7 Å². The largest absolute Gasteiger partial charge is 0.381 e. The highest BCUT2D eigenvalue weighted by molar-refractivity contribution is 5.02. The van der Waals surface area contributed by atoms with Crippen LogP contribution in [0.25, 0.3) is 0 Å². The number of hydrogen-bond donors (Lipinski definition) is 1. The van der Waals surface area contributed by atoms with Crippen molar-refractivity contribution in [3.05, 3.63) is 11.7 Å². The highest BCUT2D eigenvalue weighted by Crippen LogP contribution is 2.26. The Morgan fingerprint density at radius 2 is 2.26 bits per heavy atom. The molecule has 3 heterocycles. The van der Waals surface area contributed by atoms with Gasteiger partial charge in [0.2, 0.25) is 11.7 Å². The summed E-state index contributed by atoms with van der Waals surface area (Å²) in [5.74, 6) is 1.18. The number of ether oxygens (including phenoxy) is 2. The average Bonchev–Trinajstić information content (AvgIpc) is 2.89. The van der Waals surface area contributed by atoms with Crippen LogP contribution in [0.1, 0.15) is 30.2 Å². The number of morpholine rings is 1. The molecular weight excluding hydrogens is 248 g/mol. The maximum atomic E-state index is 6.07. The Morgan fingerprint density at radius 1 is 1.37 bits per heavy atom. The second-order valence-corrected chi connectivity index (χ2v) is 5.25. The molecule has 1 aromatic rings. The number of nitrogens with zero attached hydrogens (tertiary/aromatic N) is 3. The minimum absolute atomic E-state index is 0.00341. The normalized spacial score (nSPS) is 33.5. The lowest BCUT2D eigenvalue weighted by atomic mass is 9.97. The zero-order valence-corrected chi connectivity index (χ0v) is 11.1. The Morgan fingerprint density at radius 3 is 3.05 bits per heavy atom. The lowest BCUT2D eigenvalue weighted by Crippen LogP contribution is -2.37. The van der Waals surface area contributed by atoms with Gasteiger partial charge in [0.1, 0.15) is 6.10 Å². The van der Waals surface area contributed by atoms with Crippen LogP contribution in [0.4, 0.5) is 0 Å². The molecule has 7 nitrogen and oxygen atoms in total. The summed E-state index contributed by atoms with van der Waals surface area (Å²) in [4.78, 5) is 6.65. The first-order chi connectivity index (χ1) is 9.24. The molecule has 19 heavy (non-hydrogen) atoms. The summed E-state index contributed by atoms with van der Waals surface area (Å²) in [6.45, 7) is 3.66. The van der Waals surface area contributed by atoms with Crippen molar-refractivity contribution in [1.82, 2.24) is 15.0 Å². The predicted octanol–water partition coefficient (Wildman–Crippen LogP) is -0.0961. The van der Waals surface area contributed by atoms with Gasteiger partial charge in [0.05, 0.1) is 19.1 Å². The summed E-state index contributed by atoms with van der Waals surface area (Å²) in [6, 6.07) is 0.0250. The van der Waals surface area contributed by atoms with Gasteiger partial charge >= 0.3 is 0 Å². The molecule has 106 valence electrons. The summed E-state index contributed by atoms with van der Waals surface area (Å²) in [6.07, 6.45) is 0.711. The molecule has 2 aliphatic heterocycles. The number of rotatable bonds is 2. The fourth-order valence-electron chi connectivity index (χ4n) is 2.47. The molecule has 2 fully saturated rings. The van der Waals surface area contributed by atoms with Crippen LogP contribution in [0.2, 0.25) is 0 Å². The van der Waals surface area contributed by atoms with Gasteiger partial charge in [-0.3, -0.25) is 0 Å². The van der Waals surface area contributed by atoms with Gasteiger partial charge in [0.25, 0.3) is 0 Å². The van der Waals surface area contributed by atoms with Crippen LogP contribution in [-0.4, -0.2) is 61.0 Å². The molecular formula is C12H20N4O3. The van der Waals surface area contributed by atoms with E-state index in [-0.39, 0.29) is 18.1 Å². The quantitative estimate of drug-likeness (QED) is 0.801. The van der Waals surface area contributed by atoms with E-state index in [0.29, 0.717) is 31.5 Å². The summed E-state index contributed by atoms with van der Waals surface area (Å²) >= 11 is 0. The number of likely N-dealkylation sites (N-methyl/N-ethyl adjacent to an activating group) is 1. The van der Waals surface area contributed by atoms with Crippen LogP contribution in [0.5, 0.6) is 0 Å². The molecule has 0 aliphatic carbocycles. The van der Waals surface area contributed by atoms with E-state index in [0.717, 1.165) is 19.5 Å². The first-order valence-electron chi connectivity index (χ1n) is 6.71. The minimum atomic E-state index is -0.114. The lowest BCUT2D eigenvalue weighted by Gasteiger charge is -2.28. The van der Waals surface area contributed by atoms with Crippen molar-refractivity contribution in [2.24, 2.45) is 5.73 Å². The summed E-state index contributed by atoms with van der Waals surface area (Å²) in [7, 11) is 2.06. The van der Waals surface area contributed by atoms with Crippen LogP contribution >= 0.6 is 0 Å². The standard InChI is InChI=1S/C12H20N4O3/c1-16-3-5-18-10(6-16)11-14-12(19-15-11)8-7-17-4-2-9(8)13/h8-10H,2-7,13H2,1H3. The third kappa shape index (κ3) is 2.79. The Bertz CT molecular complexity index is 425. The van der Waals surface area contributed by atoms with Gasteiger partial charge in [-0.05, 0) is 13.5 Å². The second kappa shape index (κ2) is 5.54. The molecule has 1 aromatic heterocycles. The monoisotopic (exact) mass is 268 g/mol. The van der Waals surface area contributed by atoms with Crippen molar-refractivity contribution in [3.8, 4) is 0 Å². The molecule has 0 spiro atoms. The SMILES string of the molecule is CN1CCOC(c2noc(C3COCCC3N)n2)C1. The molecule has 2 saturated heterocycles. The molecule has 3 rings (SSSR count). The predicted molar refractivity (Wildman–Crippen MR) is 66.6 cm³/mol. The maximum absolute atomic E-state index is 6.07. The van der Waals surface area contributed by atoms with Crippen molar-refractivity contribution < 1.29 is 14.0 Å². The molecule has 0 saturated carbocycles. The van der Waals surface area contributed by atoms with Crippen LogP contribution in [-0.2, 0) is 9.47 Å².